The van der Waals surface area contributed by atoms with Crippen molar-refractivity contribution in [3.05, 3.63) is 76.0 Å². The molecule has 1 fully saturated rings. The lowest BCUT2D eigenvalue weighted by atomic mass is 10.2. The first-order valence-electron chi connectivity index (χ1n) is 12.4. The lowest BCUT2D eigenvalue weighted by molar-refractivity contribution is 0.313. The van der Waals surface area contributed by atoms with E-state index in [1.807, 2.05) is 26.0 Å². The lowest BCUT2D eigenvalue weighted by Crippen LogP contribution is -2.44. The molecule has 0 saturated carbocycles. The minimum absolute atomic E-state index is 0.145. The third-order valence-electron chi connectivity index (χ3n) is 6.47. The fraction of sp³-hybridized carbons (Fsp3) is 0.346. The quantitative estimate of drug-likeness (QED) is 0.385. The summed E-state index contributed by atoms with van der Waals surface area (Å²) in [6, 6.07) is 11.0. The van der Waals surface area contributed by atoms with Gasteiger partial charge in [-0.2, -0.15) is 4.98 Å². The second-order valence-corrected chi connectivity index (χ2v) is 9.45. The monoisotopic (exact) mass is 501 g/mol. The molecule has 3 aromatic heterocycles. The van der Waals surface area contributed by atoms with E-state index in [1.54, 1.807) is 16.8 Å². The van der Waals surface area contributed by atoms with Crippen molar-refractivity contribution in [2.75, 3.05) is 43.4 Å². The molecule has 11 heteroatoms. The highest BCUT2D eigenvalue weighted by atomic mass is 16.1. The van der Waals surface area contributed by atoms with Crippen molar-refractivity contribution in [3.63, 3.8) is 0 Å². The van der Waals surface area contributed by atoms with Crippen molar-refractivity contribution >= 4 is 28.4 Å². The van der Waals surface area contributed by atoms with E-state index in [-0.39, 0.29) is 23.7 Å². The number of nitrogens with zero attached hydrogens (tertiary/aromatic N) is 8. The molecule has 1 aliphatic heterocycles. The third kappa shape index (κ3) is 4.77. The van der Waals surface area contributed by atoms with Gasteiger partial charge < -0.3 is 15.1 Å². The third-order valence-corrected chi connectivity index (χ3v) is 6.47. The van der Waals surface area contributed by atoms with Crippen molar-refractivity contribution in [2.24, 2.45) is 0 Å². The number of hydrogen-bond acceptors (Lipinski definition) is 8. The Bertz CT molecular complexity index is 1560. The van der Waals surface area contributed by atoms with Gasteiger partial charge in [0.15, 0.2) is 11.5 Å². The van der Waals surface area contributed by atoms with Crippen LogP contribution in [0.25, 0.3) is 16.9 Å². The predicted octanol–water partition coefficient (Wildman–Crippen LogP) is 2.40. The maximum atomic E-state index is 13.2. The average molecular weight is 502 g/mol. The van der Waals surface area contributed by atoms with Crippen LogP contribution in [0.5, 0.6) is 0 Å². The van der Waals surface area contributed by atoms with Crippen LogP contribution in [0.15, 0.2) is 64.8 Å². The second kappa shape index (κ2) is 10.0. The van der Waals surface area contributed by atoms with Gasteiger partial charge in [-0.25, -0.2) is 19.0 Å². The maximum absolute atomic E-state index is 13.2. The van der Waals surface area contributed by atoms with Gasteiger partial charge in [-0.15, -0.1) is 11.7 Å². The number of allylic oxidation sites excluding steroid dienone is 1. The van der Waals surface area contributed by atoms with Crippen molar-refractivity contribution in [1.82, 2.24) is 34.0 Å². The molecule has 4 aromatic rings. The van der Waals surface area contributed by atoms with Crippen LogP contribution in [0.2, 0.25) is 0 Å². The Kier molecular flexibility index (Phi) is 6.62. The molecule has 0 bridgehead atoms. The first-order valence-corrected chi connectivity index (χ1v) is 12.4. The predicted molar refractivity (Wildman–Crippen MR) is 145 cm³/mol. The van der Waals surface area contributed by atoms with Crippen LogP contribution in [0.3, 0.4) is 0 Å². The summed E-state index contributed by atoms with van der Waals surface area (Å²) in [5, 5.41) is 8.15. The molecule has 0 atom stereocenters. The fourth-order valence-electron chi connectivity index (χ4n) is 4.48. The Morgan fingerprint density at radius 3 is 2.62 bits per heavy atom. The Hall–Kier alpha value is -4.25. The summed E-state index contributed by atoms with van der Waals surface area (Å²) in [5.74, 6) is 0.758. The molecule has 1 N–H and O–H groups in total. The molecule has 0 unspecified atom stereocenters. The standard InChI is InChI=1S/C26H31N9O2/c1-5-11-33-25(37)21-17-27-26(28-19-7-6-8-20(16-19)32-14-12-31(4)13-15-32)29-24(21)35(33)22-9-10-23(36)34(30-22)18(2)3/h5-10,16-18H,1,11-15H2,2-4H3,(H,27,28,29). The second-order valence-electron chi connectivity index (χ2n) is 9.45. The SMILES string of the molecule is C=CCn1c(=O)c2cnc(Nc3cccc(N4CCN(C)CC4)c3)nc2n1-c1ccc(=O)n(C(C)C)n1. The molecule has 1 aliphatic rings. The number of anilines is 3. The minimum atomic E-state index is -0.261. The largest absolute Gasteiger partial charge is 0.369 e. The minimum Gasteiger partial charge on any atom is -0.369 e. The Balaban J connectivity index is 1.55. The van der Waals surface area contributed by atoms with Crippen molar-refractivity contribution in [3.8, 4) is 5.82 Å². The van der Waals surface area contributed by atoms with Crippen LogP contribution < -0.4 is 21.3 Å². The first kappa shape index (κ1) is 24.4. The van der Waals surface area contributed by atoms with Crippen molar-refractivity contribution < 1.29 is 0 Å². The van der Waals surface area contributed by atoms with Gasteiger partial charge in [0.2, 0.25) is 5.95 Å². The van der Waals surface area contributed by atoms with E-state index in [1.165, 1.54) is 21.6 Å². The van der Waals surface area contributed by atoms with Crippen LogP contribution in [-0.4, -0.2) is 67.2 Å². The summed E-state index contributed by atoms with van der Waals surface area (Å²) in [5.41, 5.74) is 1.89. The van der Waals surface area contributed by atoms with Gasteiger partial charge in [0.05, 0.1) is 12.6 Å². The average Bonchev–Trinajstić information content (AvgIpc) is 3.16. The smallest absolute Gasteiger partial charge is 0.278 e. The van der Waals surface area contributed by atoms with E-state index in [2.05, 4.69) is 51.0 Å². The summed E-state index contributed by atoms with van der Waals surface area (Å²) in [6.45, 7) is 11.8. The number of fused-ring (bicyclic) bond motifs is 1. The van der Waals surface area contributed by atoms with Crippen LogP contribution in [0.1, 0.15) is 19.9 Å². The zero-order chi connectivity index (χ0) is 26.1. The molecule has 1 saturated heterocycles. The van der Waals surface area contributed by atoms with Crippen molar-refractivity contribution in [2.45, 2.75) is 26.4 Å². The van der Waals surface area contributed by atoms with Crippen LogP contribution in [0.4, 0.5) is 17.3 Å². The zero-order valence-electron chi connectivity index (χ0n) is 21.3. The van der Waals surface area contributed by atoms with E-state index in [0.717, 1.165) is 37.6 Å². The molecule has 11 nitrogen and oxygen atoms in total. The zero-order valence-corrected chi connectivity index (χ0v) is 21.3. The summed E-state index contributed by atoms with van der Waals surface area (Å²) >= 11 is 0. The van der Waals surface area contributed by atoms with Crippen LogP contribution in [-0.2, 0) is 6.54 Å². The van der Waals surface area contributed by atoms with E-state index in [0.29, 0.717) is 22.8 Å². The summed E-state index contributed by atoms with van der Waals surface area (Å²) < 4.78 is 4.49. The van der Waals surface area contributed by atoms with Crippen LogP contribution in [0, 0.1) is 0 Å². The molecule has 0 radical (unpaired) electrons. The van der Waals surface area contributed by atoms with Gasteiger partial charge >= 0.3 is 0 Å². The topological polar surface area (TPSA) is 106 Å². The number of likely N-dealkylation sites (N-methyl/N-ethyl adjacent to an activating group) is 1. The number of hydrogen-bond donors (Lipinski definition) is 1. The number of benzene rings is 1. The number of rotatable bonds is 7. The lowest BCUT2D eigenvalue weighted by Gasteiger charge is -2.34. The van der Waals surface area contributed by atoms with Gasteiger partial charge in [-0.3, -0.25) is 9.59 Å². The highest BCUT2D eigenvalue weighted by Gasteiger charge is 2.19. The van der Waals surface area contributed by atoms with Crippen molar-refractivity contribution in [1.29, 1.82) is 0 Å². The Morgan fingerprint density at radius 2 is 1.89 bits per heavy atom. The highest BCUT2D eigenvalue weighted by Crippen LogP contribution is 2.23. The molecular weight excluding hydrogens is 470 g/mol. The molecule has 37 heavy (non-hydrogen) atoms. The summed E-state index contributed by atoms with van der Waals surface area (Å²) in [4.78, 5) is 39.3. The van der Waals surface area contributed by atoms with E-state index in [4.69, 9.17) is 4.98 Å². The number of nitrogens with one attached hydrogen (secondary N) is 1. The molecular formula is C26H31N9O2. The van der Waals surface area contributed by atoms with E-state index < -0.39 is 0 Å². The highest BCUT2D eigenvalue weighted by molar-refractivity contribution is 5.77. The normalized spacial score (nSPS) is 14.4. The van der Waals surface area contributed by atoms with E-state index >= 15 is 0 Å². The van der Waals surface area contributed by atoms with Gasteiger partial charge in [-0.1, -0.05) is 12.1 Å². The van der Waals surface area contributed by atoms with Gasteiger partial charge in [0, 0.05) is 49.8 Å². The molecule has 192 valence electrons. The number of piperazine rings is 1. The number of aromatic nitrogens is 6. The Labute approximate surface area is 214 Å². The van der Waals surface area contributed by atoms with Gasteiger partial charge in [0.25, 0.3) is 11.1 Å². The molecule has 0 amide bonds. The van der Waals surface area contributed by atoms with E-state index in [9.17, 15) is 9.59 Å². The van der Waals surface area contributed by atoms with Crippen LogP contribution >= 0.6 is 0 Å². The molecule has 1 aromatic carbocycles. The van der Waals surface area contributed by atoms with Gasteiger partial charge in [0.1, 0.15) is 5.39 Å². The molecule has 0 spiro atoms. The fourth-order valence-corrected chi connectivity index (χ4v) is 4.48. The molecule has 0 aliphatic carbocycles. The molecule has 4 heterocycles. The Morgan fingerprint density at radius 1 is 1.11 bits per heavy atom. The summed E-state index contributed by atoms with van der Waals surface area (Å²) in [6.07, 6.45) is 3.15. The van der Waals surface area contributed by atoms with Gasteiger partial charge in [-0.05, 0) is 45.2 Å². The summed E-state index contributed by atoms with van der Waals surface area (Å²) in [7, 11) is 2.14. The maximum Gasteiger partial charge on any atom is 0.278 e. The molecule has 5 rings (SSSR count). The first-order chi connectivity index (χ1) is 17.9.